The summed E-state index contributed by atoms with van der Waals surface area (Å²) in [6, 6.07) is 13.7. The number of nitrogens with zero attached hydrogens (tertiary/aromatic N) is 2. The molecule has 6 nitrogen and oxygen atoms in total. The zero-order valence-corrected chi connectivity index (χ0v) is 11.2. The highest BCUT2D eigenvalue weighted by Gasteiger charge is 2.13. The van der Waals surface area contributed by atoms with E-state index in [4.69, 9.17) is 20.9 Å². The molecule has 2 aromatic rings. The van der Waals surface area contributed by atoms with E-state index in [0.717, 1.165) is 28.2 Å². The molecule has 0 aliphatic carbocycles. The molecule has 0 aromatic heterocycles. The zero-order chi connectivity index (χ0) is 14.7. The van der Waals surface area contributed by atoms with Crippen molar-refractivity contribution in [1.82, 2.24) is 0 Å². The average molecular weight is 282 g/mol. The summed E-state index contributed by atoms with van der Waals surface area (Å²) in [5.41, 5.74) is 13.4. The fraction of sp³-hybridized carbons (Fsp3) is 0.0667. The summed E-state index contributed by atoms with van der Waals surface area (Å²) >= 11 is 0. The molecule has 2 aromatic carbocycles. The van der Waals surface area contributed by atoms with E-state index in [1.54, 1.807) is 6.21 Å². The highest BCUT2D eigenvalue weighted by molar-refractivity contribution is 5.82. The van der Waals surface area contributed by atoms with Crippen LogP contribution in [0.2, 0.25) is 0 Å². The van der Waals surface area contributed by atoms with Crippen LogP contribution in [0.15, 0.2) is 52.7 Å². The summed E-state index contributed by atoms with van der Waals surface area (Å²) < 4.78 is 10.7. The maximum absolute atomic E-state index is 5.38. The van der Waals surface area contributed by atoms with Crippen LogP contribution in [0.3, 0.4) is 0 Å². The van der Waals surface area contributed by atoms with Crippen molar-refractivity contribution in [3.8, 4) is 22.6 Å². The van der Waals surface area contributed by atoms with Gasteiger partial charge in [-0.1, -0.05) is 30.3 Å². The van der Waals surface area contributed by atoms with E-state index in [1.165, 1.54) is 0 Å². The molecular weight excluding hydrogens is 268 g/mol. The van der Waals surface area contributed by atoms with Gasteiger partial charge in [0.2, 0.25) is 12.8 Å². The van der Waals surface area contributed by atoms with E-state index in [-0.39, 0.29) is 12.8 Å². The number of hydrogen-bond acceptors (Lipinski definition) is 4. The average Bonchev–Trinajstić information content (AvgIpc) is 2.95. The third-order valence-electron chi connectivity index (χ3n) is 3.00. The van der Waals surface area contributed by atoms with Crippen molar-refractivity contribution in [2.45, 2.75) is 0 Å². The largest absolute Gasteiger partial charge is 0.454 e. The molecule has 106 valence electrons. The lowest BCUT2D eigenvalue weighted by Gasteiger charge is -2.03. The van der Waals surface area contributed by atoms with Crippen molar-refractivity contribution in [1.29, 1.82) is 0 Å². The quantitative estimate of drug-likeness (QED) is 0.508. The summed E-state index contributed by atoms with van der Waals surface area (Å²) in [6.45, 7) is 0.277. The lowest BCUT2D eigenvalue weighted by Crippen LogP contribution is -2.21. The van der Waals surface area contributed by atoms with Crippen LogP contribution in [0.25, 0.3) is 11.1 Å². The summed E-state index contributed by atoms with van der Waals surface area (Å²) in [5, 5.41) is 7.32. The van der Waals surface area contributed by atoms with Gasteiger partial charge < -0.3 is 20.9 Å². The first-order chi connectivity index (χ1) is 10.2. The Morgan fingerprint density at radius 1 is 0.952 bits per heavy atom. The molecule has 0 saturated carbocycles. The Balaban J connectivity index is 1.81. The maximum atomic E-state index is 5.38. The zero-order valence-electron chi connectivity index (χ0n) is 11.2. The number of ether oxygens (including phenoxy) is 2. The second kappa shape index (κ2) is 5.54. The van der Waals surface area contributed by atoms with Gasteiger partial charge in [-0.3, -0.25) is 0 Å². The molecule has 0 atom stereocenters. The predicted molar refractivity (Wildman–Crippen MR) is 81.4 cm³/mol. The molecule has 6 heteroatoms. The minimum atomic E-state index is -0.0665. The monoisotopic (exact) mass is 282 g/mol. The molecule has 1 aliphatic rings. The standard InChI is InChI=1S/C15H14N4O2/c16-15(17)19-18-8-10-1-3-11(4-2-10)12-5-6-13-14(7-12)21-9-20-13/h1-8H,9H2,(H4,16,17,19). The Morgan fingerprint density at radius 3 is 2.43 bits per heavy atom. The SMILES string of the molecule is NC(N)=NN=Cc1ccc(-c2ccc3c(c2)OCO3)cc1. The lowest BCUT2D eigenvalue weighted by atomic mass is 10.0. The van der Waals surface area contributed by atoms with Crippen LogP contribution in [0, 0.1) is 0 Å². The number of nitrogens with two attached hydrogens (primary N) is 2. The summed E-state index contributed by atoms with van der Waals surface area (Å²) in [7, 11) is 0. The summed E-state index contributed by atoms with van der Waals surface area (Å²) in [4.78, 5) is 0. The van der Waals surface area contributed by atoms with Crippen LogP contribution in [0.4, 0.5) is 0 Å². The van der Waals surface area contributed by atoms with Crippen molar-refractivity contribution in [3.05, 3.63) is 48.0 Å². The van der Waals surface area contributed by atoms with Crippen LogP contribution in [-0.2, 0) is 0 Å². The van der Waals surface area contributed by atoms with Crippen molar-refractivity contribution in [3.63, 3.8) is 0 Å². The molecule has 0 spiro atoms. The molecule has 0 fully saturated rings. The first-order valence-electron chi connectivity index (χ1n) is 6.34. The molecule has 1 aliphatic heterocycles. The molecule has 0 radical (unpaired) electrons. The topological polar surface area (TPSA) is 95.2 Å². The van der Waals surface area contributed by atoms with Crippen molar-refractivity contribution in [2.75, 3.05) is 6.79 Å². The smallest absolute Gasteiger partial charge is 0.231 e. The van der Waals surface area contributed by atoms with Crippen LogP contribution >= 0.6 is 0 Å². The van der Waals surface area contributed by atoms with Crippen molar-refractivity contribution in [2.24, 2.45) is 21.7 Å². The predicted octanol–water partition coefficient (Wildman–Crippen LogP) is 1.69. The Labute approximate surface area is 121 Å². The van der Waals surface area contributed by atoms with Crippen LogP contribution in [0.5, 0.6) is 11.5 Å². The number of fused-ring (bicyclic) bond motifs is 1. The number of benzene rings is 2. The molecule has 0 saturated heterocycles. The molecule has 0 amide bonds. The van der Waals surface area contributed by atoms with Gasteiger partial charge in [0.15, 0.2) is 11.5 Å². The first kappa shape index (κ1) is 13.0. The van der Waals surface area contributed by atoms with Gasteiger partial charge in [0.1, 0.15) is 0 Å². The third kappa shape index (κ3) is 2.94. The maximum Gasteiger partial charge on any atom is 0.231 e. The molecule has 4 N–H and O–H groups in total. The van der Waals surface area contributed by atoms with E-state index in [1.807, 2.05) is 42.5 Å². The van der Waals surface area contributed by atoms with Gasteiger partial charge in [-0.25, -0.2) is 0 Å². The highest BCUT2D eigenvalue weighted by atomic mass is 16.7. The fourth-order valence-corrected chi connectivity index (χ4v) is 2.00. The van der Waals surface area contributed by atoms with Gasteiger partial charge in [0.05, 0.1) is 6.21 Å². The summed E-state index contributed by atoms with van der Waals surface area (Å²) in [6.07, 6.45) is 1.59. The molecular formula is C15H14N4O2. The number of guanidine groups is 1. The molecule has 1 heterocycles. The third-order valence-corrected chi connectivity index (χ3v) is 3.00. The Bertz CT molecular complexity index is 704. The van der Waals surface area contributed by atoms with Gasteiger partial charge in [-0.2, -0.15) is 5.10 Å². The van der Waals surface area contributed by atoms with E-state index in [9.17, 15) is 0 Å². The molecule has 3 rings (SSSR count). The Kier molecular flexibility index (Phi) is 3.42. The second-order valence-corrected chi connectivity index (χ2v) is 4.46. The van der Waals surface area contributed by atoms with E-state index < -0.39 is 0 Å². The Hall–Kier alpha value is -3.02. The highest BCUT2D eigenvalue weighted by Crippen LogP contribution is 2.35. The van der Waals surface area contributed by atoms with Gasteiger partial charge in [0.25, 0.3) is 0 Å². The number of rotatable bonds is 3. The number of hydrogen-bond donors (Lipinski definition) is 2. The van der Waals surface area contributed by atoms with Gasteiger partial charge in [0, 0.05) is 0 Å². The van der Waals surface area contributed by atoms with Gasteiger partial charge in [-0.05, 0) is 28.8 Å². The van der Waals surface area contributed by atoms with E-state index in [2.05, 4.69) is 10.2 Å². The van der Waals surface area contributed by atoms with Crippen LogP contribution in [0.1, 0.15) is 5.56 Å². The first-order valence-corrected chi connectivity index (χ1v) is 6.34. The molecule has 0 bridgehead atoms. The fourth-order valence-electron chi connectivity index (χ4n) is 2.00. The normalized spacial score (nSPS) is 12.6. The second-order valence-electron chi connectivity index (χ2n) is 4.46. The van der Waals surface area contributed by atoms with E-state index in [0.29, 0.717) is 0 Å². The van der Waals surface area contributed by atoms with Gasteiger partial charge in [-0.15, -0.1) is 5.10 Å². The molecule has 21 heavy (non-hydrogen) atoms. The lowest BCUT2D eigenvalue weighted by molar-refractivity contribution is 0.174. The molecule has 0 unspecified atom stereocenters. The van der Waals surface area contributed by atoms with Crippen molar-refractivity contribution < 1.29 is 9.47 Å². The minimum Gasteiger partial charge on any atom is -0.454 e. The van der Waals surface area contributed by atoms with Gasteiger partial charge >= 0.3 is 0 Å². The van der Waals surface area contributed by atoms with E-state index >= 15 is 0 Å². The summed E-state index contributed by atoms with van der Waals surface area (Å²) in [5.74, 6) is 1.48. The van der Waals surface area contributed by atoms with Crippen molar-refractivity contribution >= 4 is 12.2 Å². The van der Waals surface area contributed by atoms with Crippen LogP contribution < -0.4 is 20.9 Å². The Morgan fingerprint density at radius 2 is 1.67 bits per heavy atom. The minimum absolute atomic E-state index is 0.0665. The van der Waals surface area contributed by atoms with Crippen LogP contribution in [-0.4, -0.2) is 19.0 Å².